The Bertz CT molecular complexity index is 626. The summed E-state index contributed by atoms with van der Waals surface area (Å²) in [7, 11) is 0. The van der Waals surface area contributed by atoms with E-state index in [0.29, 0.717) is 6.54 Å². The summed E-state index contributed by atoms with van der Waals surface area (Å²) in [5.41, 5.74) is 4.19. The molecule has 0 unspecified atom stereocenters. The lowest BCUT2D eigenvalue weighted by molar-refractivity contribution is 0.251. The molecule has 0 aliphatic carbocycles. The Morgan fingerprint density at radius 1 is 1.15 bits per heavy atom. The summed E-state index contributed by atoms with van der Waals surface area (Å²) < 4.78 is 0.878. The van der Waals surface area contributed by atoms with E-state index in [0.717, 1.165) is 21.3 Å². The van der Waals surface area contributed by atoms with Gasteiger partial charge in [0.25, 0.3) is 0 Å². The highest BCUT2D eigenvalue weighted by Gasteiger charge is 2.05. The van der Waals surface area contributed by atoms with Gasteiger partial charge in [0.2, 0.25) is 0 Å². The standard InChI is InChI=1S/C16H17BrN2O/c1-11-7-8-15(14(17)9-11)19-16(20)18-10-13-6-4-3-5-12(13)2/h3-9H,10H2,1-2H3,(H2,18,19,20). The van der Waals surface area contributed by atoms with Gasteiger partial charge in [-0.15, -0.1) is 0 Å². The second-order valence-corrected chi connectivity index (χ2v) is 5.57. The van der Waals surface area contributed by atoms with E-state index >= 15 is 0 Å². The van der Waals surface area contributed by atoms with Gasteiger partial charge in [-0.05, 0) is 58.6 Å². The number of rotatable bonds is 3. The van der Waals surface area contributed by atoms with E-state index in [-0.39, 0.29) is 6.03 Å². The molecule has 0 aromatic heterocycles. The molecule has 0 bridgehead atoms. The Morgan fingerprint density at radius 2 is 1.90 bits per heavy atom. The molecule has 2 N–H and O–H groups in total. The first-order valence-electron chi connectivity index (χ1n) is 6.42. The van der Waals surface area contributed by atoms with Crippen molar-refractivity contribution in [1.29, 1.82) is 0 Å². The average molecular weight is 333 g/mol. The first-order valence-corrected chi connectivity index (χ1v) is 7.21. The number of aryl methyl sites for hydroxylation is 2. The highest BCUT2D eigenvalue weighted by atomic mass is 79.9. The van der Waals surface area contributed by atoms with E-state index in [2.05, 4.69) is 26.6 Å². The molecule has 4 heteroatoms. The summed E-state index contributed by atoms with van der Waals surface area (Å²) >= 11 is 3.44. The zero-order chi connectivity index (χ0) is 14.5. The van der Waals surface area contributed by atoms with Crippen molar-refractivity contribution in [2.45, 2.75) is 20.4 Å². The number of urea groups is 1. The van der Waals surface area contributed by atoms with Crippen LogP contribution in [0.15, 0.2) is 46.9 Å². The van der Waals surface area contributed by atoms with Gasteiger partial charge >= 0.3 is 6.03 Å². The van der Waals surface area contributed by atoms with Crippen LogP contribution in [0.3, 0.4) is 0 Å². The van der Waals surface area contributed by atoms with Crippen molar-refractivity contribution in [2.75, 3.05) is 5.32 Å². The largest absolute Gasteiger partial charge is 0.334 e. The van der Waals surface area contributed by atoms with Gasteiger partial charge in [0.05, 0.1) is 5.69 Å². The summed E-state index contributed by atoms with van der Waals surface area (Å²) in [5.74, 6) is 0. The van der Waals surface area contributed by atoms with Gasteiger partial charge in [-0.1, -0.05) is 30.3 Å². The number of halogens is 1. The van der Waals surface area contributed by atoms with E-state index < -0.39 is 0 Å². The van der Waals surface area contributed by atoms with Crippen LogP contribution < -0.4 is 10.6 Å². The Hall–Kier alpha value is -1.81. The molecule has 104 valence electrons. The van der Waals surface area contributed by atoms with Crippen molar-refractivity contribution in [3.8, 4) is 0 Å². The lowest BCUT2D eigenvalue weighted by Gasteiger charge is -2.11. The van der Waals surface area contributed by atoms with Gasteiger partial charge < -0.3 is 10.6 Å². The normalized spacial score (nSPS) is 10.2. The lowest BCUT2D eigenvalue weighted by Crippen LogP contribution is -2.28. The second-order valence-electron chi connectivity index (χ2n) is 4.72. The van der Waals surface area contributed by atoms with Crippen molar-refractivity contribution >= 4 is 27.6 Å². The van der Waals surface area contributed by atoms with Crippen LogP contribution in [-0.2, 0) is 6.54 Å². The van der Waals surface area contributed by atoms with Crippen molar-refractivity contribution in [3.05, 3.63) is 63.6 Å². The lowest BCUT2D eigenvalue weighted by atomic mass is 10.1. The number of benzene rings is 2. The maximum Gasteiger partial charge on any atom is 0.319 e. The summed E-state index contributed by atoms with van der Waals surface area (Å²) in [4.78, 5) is 11.9. The molecular weight excluding hydrogens is 316 g/mol. The van der Waals surface area contributed by atoms with Crippen molar-refractivity contribution in [2.24, 2.45) is 0 Å². The van der Waals surface area contributed by atoms with Crippen LogP contribution in [-0.4, -0.2) is 6.03 Å². The minimum Gasteiger partial charge on any atom is -0.334 e. The monoisotopic (exact) mass is 332 g/mol. The molecule has 0 aliphatic heterocycles. The minimum atomic E-state index is -0.210. The first kappa shape index (κ1) is 14.6. The van der Waals surface area contributed by atoms with Crippen LogP contribution in [0.4, 0.5) is 10.5 Å². The third-order valence-electron chi connectivity index (χ3n) is 3.07. The molecule has 0 fully saturated rings. The Balaban J connectivity index is 1.94. The van der Waals surface area contributed by atoms with E-state index in [1.165, 1.54) is 5.56 Å². The number of nitrogens with one attached hydrogen (secondary N) is 2. The molecule has 2 aromatic rings. The first-order chi connectivity index (χ1) is 9.56. The third-order valence-corrected chi connectivity index (χ3v) is 3.73. The van der Waals surface area contributed by atoms with E-state index in [1.807, 2.05) is 56.3 Å². The molecule has 2 rings (SSSR count). The molecule has 0 saturated carbocycles. The number of anilines is 1. The van der Waals surface area contributed by atoms with Gasteiger partial charge in [0.1, 0.15) is 0 Å². The Labute approximate surface area is 127 Å². The van der Waals surface area contributed by atoms with Crippen LogP contribution in [0.5, 0.6) is 0 Å². The van der Waals surface area contributed by atoms with Crippen LogP contribution in [0.25, 0.3) is 0 Å². The fraction of sp³-hybridized carbons (Fsp3) is 0.188. The zero-order valence-corrected chi connectivity index (χ0v) is 13.1. The third kappa shape index (κ3) is 3.84. The zero-order valence-electron chi connectivity index (χ0n) is 11.5. The minimum absolute atomic E-state index is 0.210. The summed E-state index contributed by atoms with van der Waals surface area (Å²) in [6.07, 6.45) is 0. The molecular formula is C16H17BrN2O. The molecule has 0 aliphatic rings. The molecule has 0 heterocycles. The van der Waals surface area contributed by atoms with E-state index in [9.17, 15) is 4.79 Å². The average Bonchev–Trinajstić information content (AvgIpc) is 2.41. The molecule has 20 heavy (non-hydrogen) atoms. The van der Waals surface area contributed by atoms with Crippen LogP contribution in [0, 0.1) is 13.8 Å². The molecule has 2 aromatic carbocycles. The number of hydrogen-bond acceptors (Lipinski definition) is 1. The smallest absolute Gasteiger partial charge is 0.319 e. The number of amides is 2. The summed E-state index contributed by atoms with van der Waals surface area (Å²) in [6, 6.07) is 13.6. The molecule has 2 amide bonds. The summed E-state index contributed by atoms with van der Waals surface area (Å²) in [5, 5.41) is 5.69. The maximum absolute atomic E-state index is 11.9. The number of carbonyl (C=O) groups excluding carboxylic acids is 1. The van der Waals surface area contributed by atoms with E-state index in [1.54, 1.807) is 0 Å². The van der Waals surface area contributed by atoms with Crippen molar-refractivity contribution in [3.63, 3.8) is 0 Å². The highest BCUT2D eigenvalue weighted by molar-refractivity contribution is 9.10. The Morgan fingerprint density at radius 3 is 2.60 bits per heavy atom. The topological polar surface area (TPSA) is 41.1 Å². The summed E-state index contributed by atoms with van der Waals surface area (Å²) in [6.45, 7) is 4.56. The molecule has 3 nitrogen and oxygen atoms in total. The van der Waals surface area contributed by atoms with Gasteiger partial charge in [-0.25, -0.2) is 4.79 Å². The van der Waals surface area contributed by atoms with Gasteiger partial charge in [-0.3, -0.25) is 0 Å². The fourth-order valence-electron chi connectivity index (χ4n) is 1.87. The van der Waals surface area contributed by atoms with Crippen LogP contribution >= 0.6 is 15.9 Å². The molecule has 0 radical (unpaired) electrons. The second kappa shape index (κ2) is 6.57. The maximum atomic E-state index is 11.9. The van der Waals surface area contributed by atoms with Gasteiger partial charge in [-0.2, -0.15) is 0 Å². The van der Waals surface area contributed by atoms with Gasteiger partial charge in [0.15, 0.2) is 0 Å². The van der Waals surface area contributed by atoms with Crippen LogP contribution in [0.1, 0.15) is 16.7 Å². The predicted octanol–water partition coefficient (Wildman–Crippen LogP) is 4.39. The highest BCUT2D eigenvalue weighted by Crippen LogP contribution is 2.23. The van der Waals surface area contributed by atoms with Gasteiger partial charge in [0, 0.05) is 11.0 Å². The molecule has 0 spiro atoms. The quantitative estimate of drug-likeness (QED) is 0.859. The number of hydrogen-bond donors (Lipinski definition) is 2. The SMILES string of the molecule is Cc1ccc(NC(=O)NCc2ccccc2C)c(Br)c1. The Kier molecular flexibility index (Phi) is 4.79. The van der Waals surface area contributed by atoms with Crippen LogP contribution in [0.2, 0.25) is 0 Å². The number of carbonyl (C=O) groups is 1. The fourth-order valence-corrected chi connectivity index (χ4v) is 2.46. The van der Waals surface area contributed by atoms with Crippen molar-refractivity contribution < 1.29 is 4.79 Å². The van der Waals surface area contributed by atoms with Crippen molar-refractivity contribution in [1.82, 2.24) is 5.32 Å². The molecule has 0 saturated heterocycles. The predicted molar refractivity (Wildman–Crippen MR) is 85.9 cm³/mol. The van der Waals surface area contributed by atoms with E-state index in [4.69, 9.17) is 0 Å². The molecule has 0 atom stereocenters.